The molecule has 2 rings (SSSR count). The van der Waals surface area contributed by atoms with Crippen LogP contribution in [0.1, 0.15) is 18.3 Å². The maximum atomic E-state index is 12.4. The average Bonchev–Trinajstić information content (AvgIpc) is 2.55. The van der Waals surface area contributed by atoms with Crippen LogP contribution < -0.4 is 0 Å². The minimum absolute atomic E-state index is 0.211. The molecular weight excluding hydrogens is 235 g/mol. The number of hydrogen-bond donors (Lipinski definition) is 1. The predicted molar refractivity (Wildman–Crippen MR) is 53.4 cm³/mol. The SMILES string of the molecule is CC(O)Cc1nc2ccc(C(F)(F)F)cn2n1. The Labute approximate surface area is 94.7 Å². The van der Waals surface area contributed by atoms with Gasteiger partial charge in [-0.3, -0.25) is 0 Å². The zero-order valence-corrected chi connectivity index (χ0v) is 8.94. The smallest absolute Gasteiger partial charge is 0.393 e. The molecule has 1 N–H and O–H groups in total. The number of nitrogens with zero attached hydrogens (tertiary/aromatic N) is 3. The third-order valence-corrected chi connectivity index (χ3v) is 2.18. The highest BCUT2D eigenvalue weighted by atomic mass is 19.4. The van der Waals surface area contributed by atoms with Crippen molar-refractivity contribution < 1.29 is 18.3 Å². The second-order valence-corrected chi connectivity index (χ2v) is 3.80. The Bertz CT molecular complexity index is 533. The van der Waals surface area contributed by atoms with Crippen molar-refractivity contribution >= 4 is 5.65 Å². The van der Waals surface area contributed by atoms with Crippen molar-refractivity contribution in [2.45, 2.75) is 25.6 Å². The molecule has 2 aromatic heterocycles. The van der Waals surface area contributed by atoms with Crippen LogP contribution in [0.15, 0.2) is 18.3 Å². The van der Waals surface area contributed by atoms with Gasteiger partial charge < -0.3 is 5.11 Å². The summed E-state index contributed by atoms with van der Waals surface area (Å²) >= 11 is 0. The van der Waals surface area contributed by atoms with Crippen molar-refractivity contribution in [3.05, 3.63) is 29.7 Å². The highest BCUT2D eigenvalue weighted by Crippen LogP contribution is 2.28. The van der Waals surface area contributed by atoms with E-state index in [-0.39, 0.29) is 6.42 Å². The lowest BCUT2D eigenvalue weighted by Crippen LogP contribution is -2.07. The molecule has 0 aliphatic heterocycles. The van der Waals surface area contributed by atoms with Crippen molar-refractivity contribution in [1.29, 1.82) is 0 Å². The topological polar surface area (TPSA) is 50.4 Å². The van der Waals surface area contributed by atoms with E-state index < -0.39 is 17.8 Å². The molecule has 0 bridgehead atoms. The second-order valence-electron chi connectivity index (χ2n) is 3.80. The van der Waals surface area contributed by atoms with Crippen LogP contribution in [-0.2, 0) is 12.6 Å². The number of fused-ring (bicyclic) bond motifs is 1. The van der Waals surface area contributed by atoms with Crippen LogP contribution in [0.2, 0.25) is 0 Å². The Morgan fingerprint density at radius 1 is 1.41 bits per heavy atom. The summed E-state index contributed by atoms with van der Waals surface area (Å²) in [4.78, 5) is 4.00. The van der Waals surface area contributed by atoms with Crippen LogP contribution in [0.3, 0.4) is 0 Å². The molecule has 0 spiro atoms. The third kappa shape index (κ3) is 2.55. The first-order valence-electron chi connectivity index (χ1n) is 4.97. The zero-order valence-electron chi connectivity index (χ0n) is 8.94. The van der Waals surface area contributed by atoms with Gasteiger partial charge in [0, 0.05) is 12.6 Å². The van der Waals surface area contributed by atoms with E-state index in [9.17, 15) is 13.2 Å². The zero-order chi connectivity index (χ0) is 12.6. The van der Waals surface area contributed by atoms with E-state index in [1.807, 2.05) is 0 Å². The minimum atomic E-state index is -4.40. The average molecular weight is 245 g/mol. The number of halogens is 3. The lowest BCUT2D eigenvalue weighted by Gasteiger charge is -2.05. The fraction of sp³-hybridized carbons (Fsp3) is 0.400. The number of aliphatic hydroxyl groups is 1. The largest absolute Gasteiger partial charge is 0.417 e. The van der Waals surface area contributed by atoms with E-state index in [1.165, 1.54) is 6.07 Å². The van der Waals surface area contributed by atoms with Crippen molar-refractivity contribution in [2.24, 2.45) is 0 Å². The molecular formula is C10H10F3N3O. The molecule has 0 radical (unpaired) electrons. The molecule has 0 aromatic carbocycles. The third-order valence-electron chi connectivity index (χ3n) is 2.18. The van der Waals surface area contributed by atoms with E-state index >= 15 is 0 Å². The van der Waals surface area contributed by atoms with Gasteiger partial charge in [-0.25, -0.2) is 9.50 Å². The van der Waals surface area contributed by atoms with Crippen molar-refractivity contribution in [3.63, 3.8) is 0 Å². The minimum Gasteiger partial charge on any atom is -0.393 e. The van der Waals surface area contributed by atoms with E-state index in [1.54, 1.807) is 6.92 Å². The highest BCUT2D eigenvalue weighted by molar-refractivity contribution is 5.39. The lowest BCUT2D eigenvalue weighted by molar-refractivity contribution is -0.137. The summed E-state index contributed by atoms with van der Waals surface area (Å²) in [6.45, 7) is 1.56. The predicted octanol–water partition coefficient (Wildman–Crippen LogP) is 1.67. The van der Waals surface area contributed by atoms with E-state index in [2.05, 4.69) is 10.1 Å². The van der Waals surface area contributed by atoms with E-state index in [4.69, 9.17) is 5.11 Å². The number of pyridine rings is 1. The van der Waals surface area contributed by atoms with Gasteiger partial charge in [-0.05, 0) is 19.1 Å². The molecule has 1 unspecified atom stereocenters. The van der Waals surface area contributed by atoms with Gasteiger partial charge in [0.15, 0.2) is 11.5 Å². The Morgan fingerprint density at radius 3 is 2.71 bits per heavy atom. The maximum Gasteiger partial charge on any atom is 0.417 e. The molecule has 4 nitrogen and oxygen atoms in total. The van der Waals surface area contributed by atoms with Crippen LogP contribution in [-0.4, -0.2) is 25.8 Å². The van der Waals surface area contributed by atoms with Crippen molar-refractivity contribution in [2.75, 3.05) is 0 Å². The van der Waals surface area contributed by atoms with Gasteiger partial charge in [0.1, 0.15) is 0 Å². The molecule has 2 heterocycles. The van der Waals surface area contributed by atoms with E-state index in [0.29, 0.717) is 11.5 Å². The van der Waals surface area contributed by atoms with Gasteiger partial charge in [-0.1, -0.05) is 0 Å². The van der Waals surface area contributed by atoms with Crippen molar-refractivity contribution in [1.82, 2.24) is 14.6 Å². The number of aliphatic hydroxyl groups excluding tert-OH is 1. The van der Waals surface area contributed by atoms with Gasteiger partial charge in [-0.15, -0.1) is 0 Å². The maximum absolute atomic E-state index is 12.4. The first kappa shape index (κ1) is 11.8. The molecule has 2 aromatic rings. The standard InChI is InChI=1S/C10H10F3N3O/c1-6(17)4-8-14-9-3-2-7(10(11,12)13)5-16(9)15-8/h2-3,5-6,17H,4H2,1H3. The molecule has 0 aliphatic carbocycles. The molecule has 0 saturated carbocycles. The normalized spacial score (nSPS) is 14.2. The summed E-state index contributed by atoms with van der Waals surface area (Å²) in [6, 6.07) is 2.21. The van der Waals surface area contributed by atoms with Crippen LogP contribution >= 0.6 is 0 Å². The molecule has 0 amide bonds. The molecule has 1 atom stereocenters. The van der Waals surface area contributed by atoms with Crippen LogP contribution in [0, 0.1) is 0 Å². The summed E-state index contributed by atoms with van der Waals surface area (Å²) in [5.74, 6) is 0.319. The molecule has 0 fully saturated rings. The molecule has 17 heavy (non-hydrogen) atoms. The monoisotopic (exact) mass is 245 g/mol. The highest BCUT2D eigenvalue weighted by Gasteiger charge is 2.31. The number of rotatable bonds is 2. The fourth-order valence-electron chi connectivity index (χ4n) is 1.45. The Kier molecular flexibility index (Phi) is 2.78. The second kappa shape index (κ2) is 3.99. The number of hydrogen-bond acceptors (Lipinski definition) is 3. The van der Waals surface area contributed by atoms with Gasteiger partial charge in [0.25, 0.3) is 0 Å². The first-order chi connectivity index (χ1) is 7.86. The number of aromatic nitrogens is 3. The summed E-state index contributed by atoms with van der Waals surface area (Å²) in [5.41, 5.74) is -0.452. The molecule has 0 aliphatic rings. The molecule has 92 valence electrons. The summed E-state index contributed by atoms with van der Waals surface area (Å²) in [5, 5.41) is 13.0. The lowest BCUT2D eigenvalue weighted by atomic mass is 10.3. The summed E-state index contributed by atoms with van der Waals surface area (Å²) in [7, 11) is 0. The Morgan fingerprint density at radius 2 is 2.12 bits per heavy atom. The van der Waals surface area contributed by atoms with E-state index in [0.717, 1.165) is 16.8 Å². The van der Waals surface area contributed by atoms with Gasteiger partial charge >= 0.3 is 6.18 Å². The quantitative estimate of drug-likeness (QED) is 0.875. The fourth-order valence-corrected chi connectivity index (χ4v) is 1.45. The molecule has 0 saturated heterocycles. The Balaban J connectivity index is 2.41. The summed E-state index contributed by atoms with van der Waals surface area (Å²) in [6.07, 6.45) is -3.93. The first-order valence-corrected chi connectivity index (χ1v) is 4.97. The van der Waals surface area contributed by atoms with Gasteiger partial charge in [0.2, 0.25) is 0 Å². The van der Waals surface area contributed by atoms with Crippen LogP contribution in [0.25, 0.3) is 5.65 Å². The van der Waals surface area contributed by atoms with Gasteiger partial charge in [-0.2, -0.15) is 18.3 Å². The summed E-state index contributed by atoms with van der Waals surface area (Å²) < 4.78 is 38.4. The van der Waals surface area contributed by atoms with Crippen molar-refractivity contribution in [3.8, 4) is 0 Å². The number of alkyl halides is 3. The molecule has 7 heteroatoms. The van der Waals surface area contributed by atoms with Gasteiger partial charge in [0.05, 0.1) is 11.7 Å². The Hall–Kier alpha value is -1.63. The van der Waals surface area contributed by atoms with Crippen LogP contribution in [0.5, 0.6) is 0 Å². The van der Waals surface area contributed by atoms with Crippen LogP contribution in [0.4, 0.5) is 13.2 Å².